The van der Waals surface area contributed by atoms with Crippen molar-refractivity contribution in [2.24, 2.45) is 11.8 Å². The summed E-state index contributed by atoms with van der Waals surface area (Å²) in [6.45, 7) is 6.51. The zero-order valence-electron chi connectivity index (χ0n) is 9.75. The summed E-state index contributed by atoms with van der Waals surface area (Å²) in [5.74, 6) is 1.51. The summed E-state index contributed by atoms with van der Waals surface area (Å²) in [4.78, 5) is 13.9. The van der Waals surface area contributed by atoms with E-state index in [2.05, 4.69) is 25.8 Å². The van der Waals surface area contributed by atoms with Crippen LogP contribution in [0, 0.1) is 11.8 Å². The topological polar surface area (TPSA) is 20.3 Å². The van der Waals surface area contributed by atoms with Crippen LogP contribution in [-0.4, -0.2) is 30.8 Å². The minimum atomic E-state index is 0.326. The van der Waals surface area contributed by atoms with E-state index >= 15 is 0 Å². The summed E-state index contributed by atoms with van der Waals surface area (Å²) in [7, 11) is 2.13. The van der Waals surface area contributed by atoms with Gasteiger partial charge >= 0.3 is 0 Å². The van der Waals surface area contributed by atoms with Crippen molar-refractivity contribution in [1.82, 2.24) is 4.90 Å². The number of carbonyl (C=O) groups excluding carboxylic acids is 1. The zero-order valence-corrected chi connectivity index (χ0v) is 9.75. The van der Waals surface area contributed by atoms with Crippen molar-refractivity contribution in [3.05, 3.63) is 0 Å². The number of rotatable bonds is 4. The first-order chi connectivity index (χ1) is 6.59. The number of hydrogen-bond donors (Lipinski definition) is 0. The van der Waals surface area contributed by atoms with Gasteiger partial charge in [0.05, 0.1) is 0 Å². The third-order valence-corrected chi connectivity index (χ3v) is 2.89. The average Bonchev–Trinajstić information content (AvgIpc) is 2.07. The first-order valence-corrected chi connectivity index (χ1v) is 5.81. The van der Waals surface area contributed by atoms with Gasteiger partial charge in [0, 0.05) is 25.4 Å². The van der Waals surface area contributed by atoms with Crippen molar-refractivity contribution < 1.29 is 4.79 Å². The van der Waals surface area contributed by atoms with Crippen LogP contribution in [0.3, 0.4) is 0 Å². The van der Waals surface area contributed by atoms with Crippen LogP contribution < -0.4 is 0 Å². The smallest absolute Gasteiger partial charge is 0.137 e. The summed E-state index contributed by atoms with van der Waals surface area (Å²) >= 11 is 0. The maximum absolute atomic E-state index is 11.6. The molecule has 14 heavy (non-hydrogen) atoms. The van der Waals surface area contributed by atoms with Gasteiger partial charge in [-0.05, 0) is 25.8 Å². The summed E-state index contributed by atoms with van der Waals surface area (Å²) in [6.07, 6.45) is 4.29. The van der Waals surface area contributed by atoms with Gasteiger partial charge in [0.25, 0.3) is 0 Å². The molecule has 0 N–H and O–H groups in total. The first-order valence-electron chi connectivity index (χ1n) is 5.81. The van der Waals surface area contributed by atoms with E-state index in [0.29, 0.717) is 17.6 Å². The highest BCUT2D eigenvalue weighted by Crippen LogP contribution is 2.21. The molecule has 0 radical (unpaired) electrons. The van der Waals surface area contributed by atoms with Gasteiger partial charge in [-0.3, -0.25) is 4.79 Å². The van der Waals surface area contributed by atoms with Crippen molar-refractivity contribution in [3.63, 3.8) is 0 Å². The Morgan fingerprint density at radius 3 is 2.71 bits per heavy atom. The van der Waals surface area contributed by atoms with Gasteiger partial charge < -0.3 is 4.90 Å². The lowest BCUT2D eigenvalue weighted by atomic mass is 9.87. The lowest BCUT2D eigenvalue weighted by Gasteiger charge is -2.26. The van der Waals surface area contributed by atoms with Crippen LogP contribution in [0.1, 0.15) is 39.5 Å². The Labute approximate surface area is 87.7 Å². The molecule has 1 saturated carbocycles. The van der Waals surface area contributed by atoms with Crippen molar-refractivity contribution >= 4 is 5.78 Å². The largest absolute Gasteiger partial charge is 0.305 e. The molecule has 1 unspecified atom stereocenters. The lowest BCUT2D eigenvalue weighted by molar-refractivity contribution is -0.125. The maximum atomic E-state index is 11.6. The molecule has 1 aliphatic carbocycles. The van der Waals surface area contributed by atoms with E-state index < -0.39 is 0 Å². The summed E-state index contributed by atoms with van der Waals surface area (Å²) < 4.78 is 0. The average molecular weight is 197 g/mol. The van der Waals surface area contributed by atoms with Crippen molar-refractivity contribution in [1.29, 1.82) is 0 Å². The maximum Gasteiger partial charge on any atom is 0.137 e. The molecule has 1 atom stereocenters. The molecule has 1 aliphatic rings. The highest BCUT2D eigenvalue weighted by Gasteiger charge is 2.23. The van der Waals surface area contributed by atoms with Crippen LogP contribution in [0.25, 0.3) is 0 Å². The first kappa shape index (κ1) is 11.7. The second-order valence-electron chi connectivity index (χ2n) is 5.02. The van der Waals surface area contributed by atoms with Crippen molar-refractivity contribution in [3.8, 4) is 0 Å². The number of carbonyl (C=O) groups is 1. The van der Waals surface area contributed by atoms with Gasteiger partial charge in [0.2, 0.25) is 0 Å². The highest BCUT2D eigenvalue weighted by atomic mass is 16.1. The molecule has 0 saturated heterocycles. The Hall–Kier alpha value is -0.370. The predicted octanol–water partition coefficient (Wildman–Crippen LogP) is 2.33. The van der Waals surface area contributed by atoms with Crippen molar-refractivity contribution in [2.45, 2.75) is 39.5 Å². The van der Waals surface area contributed by atoms with Crippen LogP contribution in [0.5, 0.6) is 0 Å². The number of ketones is 1. The summed E-state index contributed by atoms with van der Waals surface area (Å²) in [5, 5.41) is 0. The Morgan fingerprint density at radius 1 is 1.43 bits per heavy atom. The van der Waals surface area contributed by atoms with Crippen molar-refractivity contribution in [2.75, 3.05) is 20.1 Å². The molecule has 1 fully saturated rings. The van der Waals surface area contributed by atoms with E-state index in [1.807, 2.05) is 0 Å². The fraction of sp³-hybridized carbons (Fsp3) is 0.917. The van der Waals surface area contributed by atoms with Gasteiger partial charge in [-0.15, -0.1) is 0 Å². The molecule has 0 spiro atoms. The predicted molar refractivity (Wildman–Crippen MR) is 59.3 cm³/mol. The molecule has 0 aromatic heterocycles. The molecular weight excluding hydrogens is 174 g/mol. The molecule has 1 rings (SSSR count). The third kappa shape index (κ3) is 3.79. The monoisotopic (exact) mass is 197 g/mol. The molecule has 2 heteroatoms. The van der Waals surface area contributed by atoms with Gasteiger partial charge in [-0.1, -0.05) is 20.3 Å². The molecule has 82 valence electrons. The van der Waals surface area contributed by atoms with Crippen LogP contribution in [0.4, 0.5) is 0 Å². The second-order valence-corrected chi connectivity index (χ2v) is 5.02. The SMILES string of the molecule is CC(C)CN(C)CC1CCCCC1=O. The number of hydrogen-bond acceptors (Lipinski definition) is 2. The summed E-state index contributed by atoms with van der Waals surface area (Å²) in [5.41, 5.74) is 0. The Balaban J connectivity index is 2.30. The van der Waals surface area contributed by atoms with E-state index in [1.165, 1.54) is 6.42 Å². The molecule has 0 bridgehead atoms. The third-order valence-electron chi connectivity index (χ3n) is 2.89. The van der Waals surface area contributed by atoms with E-state index in [0.717, 1.165) is 32.4 Å². The second kappa shape index (κ2) is 5.50. The van der Waals surface area contributed by atoms with E-state index in [4.69, 9.17) is 0 Å². The van der Waals surface area contributed by atoms with Crippen LogP contribution in [0.15, 0.2) is 0 Å². The molecular formula is C12H23NO. The normalized spacial score (nSPS) is 23.5. The molecule has 0 aromatic rings. The highest BCUT2D eigenvalue weighted by molar-refractivity contribution is 5.81. The lowest BCUT2D eigenvalue weighted by Crippen LogP contribution is -2.34. The van der Waals surface area contributed by atoms with Crippen LogP contribution >= 0.6 is 0 Å². The fourth-order valence-corrected chi connectivity index (χ4v) is 2.32. The number of nitrogens with zero attached hydrogens (tertiary/aromatic N) is 1. The standard InChI is InChI=1S/C12H23NO/c1-10(2)8-13(3)9-11-6-4-5-7-12(11)14/h10-11H,4-9H2,1-3H3. The molecule has 0 heterocycles. The van der Waals surface area contributed by atoms with E-state index in [1.54, 1.807) is 0 Å². The van der Waals surface area contributed by atoms with Gasteiger partial charge in [-0.25, -0.2) is 0 Å². The number of Topliss-reactive ketones (excluding diaryl/α,β-unsaturated/α-hetero) is 1. The van der Waals surface area contributed by atoms with Gasteiger partial charge in [0.1, 0.15) is 5.78 Å². The molecule has 2 nitrogen and oxygen atoms in total. The van der Waals surface area contributed by atoms with Crippen LogP contribution in [0.2, 0.25) is 0 Å². The van der Waals surface area contributed by atoms with E-state index in [9.17, 15) is 4.79 Å². The van der Waals surface area contributed by atoms with E-state index in [-0.39, 0.29) is 0 Å². The minimum Gasteiger partial charge on any atom is -0.305 e. The Bertz CT molecular complexity index is 189. The fourth-order valence-electron chi connectivity index (χ4n) is 2.32. The Kier molecular flexibility index (Phi) is 4.59. The zero-order chi connectivity index (χ0) is 10.6. The van der Waals surface area contributed by atoms with Crippen LogP contribution in [-0.2, 0) is 4.79 Å². The van der Waals surface area contributed by atoms with Gasteiger partial charge in [-0.2, -0.15) is 0 Å². The minimum absolute atomic E-state index is 0.326. The molecule has 0 aliphatic heterocycles. The molecule has 0 amide bonds. The Morgan fingerprint density at radius 2 is 2.14 bits per heavy atom. The summed E-state index contributed by atoms with van der Waals surface area (Å²) in [6, 6.07) is 0. The van der Waals surface area contributed by atoms with Gasteiger partial charge in [0.15, 0.2) is 0 Å². The quantitative estimate of drug-likeness (QED) is 0.689. The molecule has 0 aromatic carbocycles.